The van der Waals surface area contributed by atoms with Crippen molar-refractivity contribution in [3.8, 4) is 17.2 Å². The van der Waals surface area contributed by atoms with Crippen LogP contribution >= 0.6 is 0 Å². The highest BCUT2D eigenvalue weighted by Gasteiger charge is 2.37. The normalized spacial score (nSPS) is 13.2. The number of alkyl halides is 3. The summed E-state index contributed by atoms with van der Waals surface area (Å²) >= 11 is 0. The number of aryl methyl sites for hydroxylation is 2. The van der Waals surface area contributed by atoms with E-state index in [4.69, 9.17) is 14.2 Å². The Labute approximate surface area is 192 Å². The van der Waals surface area contributed by atoms with Crippen molar-refractivity contribution < 1.29 is 32.2 Å². The van der Waals surface area contributed by atoms with E-state index in [1.54, 1.807) is 0 Å². The molecule has 180 valence electrons. The van der Waals surface area contributed by atoms with E-state index in [0.29, 0.717) is 25.6 Å². The first-order valence-electron chi connectivity index (χ1n) is 10.5. The Morgan fingerprint density at radius 3 is 2.12 bits per heavy atom. The molecule has 0 amide bonds. The van der Waals surface area contributed by atoms with Gasteiger partial charge in [0, 0.05) is 11.5 Å². The molecule has 0 saturated carbocycles. The molecule has 0 aromatic heterocycles. The second kappa shape index (κ2) is 12.2. The third kappa shape index (κ3) is 8.04. The summed E-state index contributed by atoms with van der Waals surface area (Å²) < 4.78 is 56.6. The molecule has 0 radical (unpaired) electrons. The quantitative estimate of drug-likeness (QED) is 0.223. The molecule has 0 heterocycles. The Hall–Kier alpha value is -3.16. The average Bonchev–Trinajstić information content (AvgIpc) is 2.75. The van der Waals surface area contributed by atoms with Crippen molar-refractivity contribution in [1.29, 1.82) is 0 Å². The molecular formula is C25H30F3NO4. The van der Waals surface area contributed by atoms with E-state index < -0.39 is 11.9 Å². The second-order valence-corrected chi connectivity index (χ2v) is 7.64. The lowest BCUT2D eigenvalue weighted by molar-refractivity contribution is -0.0608. The number of benzene rings is 2. The Morgan fingerprint density at radius 2 is 1.58 bits per heavy atom. The number of oxime groups is 1. The van der Waals surface area contributed by atoms with E-state index in [1.165, 1.54) is 24.3 Å². The lowest BCUT2D eigenvalue weighted by atomic mass is 10.1. The average molecular weight is 466 g/mol. The number of hydrogen-bond acceptors (Lipinski definition) is 5. The second-order valence-electron chi connectivity index (χ2n) is 7.64. The van der Waals surface area contributed by atoms with Crippen LogP contribution in [-0.4, -0.2) is 38.8 Å². The number of rotatable bonds is 11. The number of allylic oxidation sites excluding steroid dienone is 1. The Balaban J connectivity index is 1.91. The molecule has 2 rings (SSSR count). The minimum atomic E-state index is -4.61. The first-order valence-corrected chi connectivity index (χ1v) is 10.5. The van der Waals surface area contributed by atoms with E-state index in [0.717, 1.165) is 29.7 Å². The first kappa shape index (κ1) is 26.1. The molecule has 8 heteroatoms. The van der Waals surface area contributed by atoms with Crippen LogP contribution in [0.4, 0.5) is 13.2 Å². The number of hydrogen-bond donors (Lipinski definition) is 0. The van der Waals surface area contributed by atoms with Crippen LogP contribution in [0.25, 0.3) is 0 Å². The monoisotopic (exact) mass is 465 g/mol. The van der Waals surface area contributed by atoms with Crippen molar-refractivity contribution in [2.45, 2.75) is 33.9 Å². The third-order valence-corrected chi connectivity index (χ3v) is 4.64. The van der Waals surface area contributed by atoms with Gasteiger partial charge in [0.1, 0.15) is 31.0 Å². The van der Waals surface area contributed by atoms with Gasteiger partial charge in [-0.1, -0.05) is 24.2 Å². The largest absolute Gasteiger partial charge is 0.493 e. The lowest BCUT2D eigenvalue weighted by Gasteiger charge is -2.18. The maximum absolute atomic E-state index is 13.1. The molecule has 0 aliphatic carbocycles. The predicted octanol–water partition coefficient (Wildman–Crippen LogP) is 6.27. The molecular weight excluding hydrogens is 435 g/mol. The minimum absolute atomic E-state index is 0.0508. The van der Waals surface area contributed by atoms with Gasteiger partial charge in [-0.2, -0.15) is 13.2 Å². The molecule has 2 aromatic rings. The van der Waals surface area contributed by atoms with Gasteiger partial charge in [-0.3, -0.25) is 0 Å². The van der Waals surface area contributed by atoms with Crippen LogP contribution in [0.1, 0.15) is 30.5 Å². The van der Waals surface area contributed by atoms with Crippen LogP contribution in [0.5, 0.6) is 17.2 Å². The van der Waals surface area contributed by atoms with Crippen LogP contribution in [0, 0.1) is 19.8 Å². The van der Waals surface area contributed by atoms with Crippen LogP contribution in [0.2, 0.25) is 0 Å². The standard InChI is InChI=1S/C25H30F3NO4/c1-6-7-12-31-22-13-18(3)23(19(4)14-22)33-16-17(2)15-32-21-10-8-20(9-11-21)24(29-30-5)25(26,27)28/h6-11,13-14,17H,12,15-16H2,1-5H3/b7-6+,29-24?. The Morgan fingerprint density at radius 1 is 0.970 bits per heavy atom. The fourth-order valence-corrected chi connectivity index (χ4v) is 3.04. The first-order chi connectivity index (χ1) is 15.7. The molecule has 0 bridgehead atoms. The minimum Gasteiger partial charge on any atom is -0.493 e. The summed E-state index contributed by atoms with van der Waals surface area (Å²) in [6.45, 7) is 9.14. The van der Waals surface area contributed by atoms with Gasteiger partial charge in [0.05, 0.1) is 13.2 Å². The summed E-state index contributed by atoms with van der Waals surface area (Å²) in [5, 5.41) is 3.08. The molecule has 33 heavy (non-hydrogen) atoms. The fraction of sp³-hybridized carbons (Fsp3) is 0.400. The van der Waals surface area contributed by atoms with Gasteiger partial charge in [-0.05, 0) is 68.3 Å². The SMILES string of the molecule is C/C=C/COc1cc(C)c(OCC(C)COc2ccc(C(=NOC)C(F)(F)F)cc2)c(C)c1. The van der Waals surface area contributed by atoms with Gasteiger partial charge in [0.25, 0.3) is 0 Å². The highest BCUT2D eigenvalue weighted by atomic mass is 19.4. The molecule has 0 saturated heterocycles. The summed E-state index contributed by atoms with van der Waals surface area (Å²) in [6.07, 6.45) is -0.741. The van der Waals surface area contributed by atoms with Crippen molar-refractivity contribution in [2.75, 3.05) is 26.9 Å². The zero-order valence-corrected chi connectivity index (χ0v) is 19.5. The van der Waals surface area contributed by atoms with Crippen LogP contribution < -0.4 is 14.2 Å². The molecule has 1 atom stereocenters. The highest BCUT2D eigenvalue weighted by molar-refractivity contribution is 6.04. The molecule has 0 aliphatic rings. The molecule has 0 spiro atoms. The summed E-state index contributed by atoms with van der Waals surface area (Å²) in [5.41, 5.74) is 0.763. The summed E-state index contributed by atoms with van der Waals surface area (Å²) in [6, 6.07) is 9.43. The molecule has 5 nitrogen and oxygen atoms in total. The van der Waals surface area contributed by atoms with Crippen LogP contribution in [0.3, 0.4) is 0 Å². The maximum Gasteiger partial charge on any atom is 0.437 e. The number of ether oxygens (including phenoxy) is 3. The summed E-state index contributed by atoms with van der Waals surface area (Å²) in [4.78, 5) is 4.32. The van der Waals surface area contributed by atoms with E-state index in [9.17, 15) is 13.2 Å². The highest BCUT2D eigenvalue weighted by Crippen LogP contribution is 2.29. The topological polar surface area (TPSA) is 49.3 Å². The van der Waals surface area contributed by atoms with Gasteiger partial charge in [-0.25, -0.2) is 0 Å². The van der Waals surface area contributed by atoms with Crippen LogP contribution in [0.15, 0.2) is 53.7 Å². The van der Waals surface area contributed by atoms with Crippen molar-refractivity contribution >= 4 is 5.71 Å². The molecule has 1 unspecified atom stereocenters. The van der Waals surface area contributed by atoms with E-state index in [2.05, 4.69) is 9.99 Å². The number of nitrogens with zero attached hydrogens (tertiary/aromatic N) is 1. The van der Waals surface area contributed by atoms with Gasteiger partial charge >= 0.3 is 6.18 Å². The van der Waals surface area contributed by atoms with Crippen molar-refractivity contribution in [3.05, 3.63) is 65.2 Å². The van der Waals surface area contributed by atoms with E-state index in [1.807, 2.05) is 52.0 Å². The van der Waals surface area contributed by atoms with Gasteiger partial charge in [0.2, 0.25) is 0 Å². The molecule has 0 aliphatic heterocycles. The summed E-state index contributed by atoms with van der Waals surface area (Å²) in [5.74, 6) is 2.11. The smallest absolute Gasteiger partial charge is 0.437 e. The van der Waals surface area contributed by atoms with Crippen molar-refractivity contribution in [1.82, 2.24) is 0 Å². The summed E-state index contributed by atoms with van der Waals surface area (Å²) in [7, 11) is 1.07. The number of halogens is 3. The molecule has 2 aromatic carbocycles. The zero-order valence-electron chi connectivity index (χ0n) is 19.5. The van der Waals surface area contributed by atoms with Gasteiger partial charge < -0.3 is 19.0 Å². The molecule has 0 fully saturated rings. The van der Waals surface area contributed by atoms with Gasteiger partial charge in [-0.15, -0.1) is 0 Å². The Bertz CT molecular complexity index is 930. The Kier molecular flexibility index (Phi) is 9.63. The van der Waals surface area contributed by atoms with E-state index >= 15 is 0 Å². The maximum atomic E-state index is 13.1. The van der Waals surface area contributed by atoms with Crippen molar-refractivity contribution in [3.63, 3.8) is 0 Å². The van der Waals surface area contributed by atoms with Crippen LogP contribution in [-0.2, 0) is 4.84 Å². The van der Waals surface area contributed by atoms with Crippen molar-refractivity contribution in [2.24, 2.45) is 11.1 Å². The molecule has 0 N–H and O–H groups in total. The zero-order chi connectivity index (χ0) is 24.4. The van der Waals surface area contributed by atoms with Gasteiger partial charge in [0.15, 0.2) is 5.71 Å². The fourth-order valence-electron chi connectivity index (χ4n) is 3.04. The lowest BCUT2D eigenvalue weighted by Crippen LogP contribution is -2.24. The predicted molar refractivity (Wildman–Crippen MR) is 122 cm³/mol. The third-order valence-electron chi connectivity index (χ3n) is 4.64. The van der Waals surface area contributed by atoms with E-state index in [-0.39, 0.29) is 11.5 Å².